The van der Waals surface area contributed by atoms with Gasteiger partial charge < -0.3 is 19.3 Å². The molecule has 3 aromatic rings. The maximum atomic E-state index is 14.0. The summed E-state index contributed by atoms with van der Waals surface area (Å²) in [5.41, 5.74) is 2.01. The second-order valence-electron chi connectivity index (χ2n) is 7.24. The molecule has 10 heteroatoms. The third kappa shape index (κ3) is 5.98. The number of ether oxygens (including phenoxy) is 2. The molecule has 0 radical (unpaired) electrons. The molecule has 1 N–H and O–H groups in total. The first kappa shape index (κ1) is 24.0. The first-order valence-corrected chi connectivity index (χ1v) is 11.7. The van der Waals surface area contributed by atoms with Gasteiger partial charge in [0, 0.05) is 12.3 Å². The highest BCUT2D eigenvalue weighted by Crippen LogP contribution is 2.30. The van der Waals surface area contributed by atoms with Crippen molar-refractivity contribution in [2.24, 2.45) is 0 Å². The van der Waals surface area contributed by atoms with Crippen molar-refractivity contribution in [1.82, 2.24) is 5.16 Å². The van der Waals surface area contributed by atoms with Crippen LogP contribution in [-0.2, 0) is 21.2 Å². The van der Waals surface area contributed by atoms with E-state index in [4.69, 9.17) is 14.0 Å². The predicted octanol–water partition coefficient (Wildman–Crippen LogP) is 4.07. The van der Waals surface area contributed by atoms with Crippen molar-refractivity contribution in [2.75, 3.05) is 18.7 Å². The Morgan fingerprint density at radius 2 is 1.94 bits per heavy atom. The number of methoxy groups -OCH3 is 1. The lowest BCUT2D eigenvalue weighted by atomic mass is 10.1. The summed E-state index contributed by atoms with van der Waals surface area (Å²) >= 11 is 0. The summed E-state index contributed by atoms with van der Waals surface area (Å²) in [4.78, 5) is 12.1. The minimum absolute atomic E-state index is 0.0971. The molecule has 2 aromatic carbocycles. The van der Waals surface area contributed by atoms with Gasteiger partial charge >= 0.3 is 0 Å². The van der Waals surface area contributed by atoms with Gasteiger partial charge in [0.2, 0.25) is 5.91 Å². The van der Waals surface area contributed by atoms with Gasteiger partial charge in [-0.05, 0) is 55.8 Å². The quantitative estimate of drug-likeness (QED) is 0.387. The number of halogens is 1. The van der Waals surface area contributed by atoms with Gasteiger partial charge in [-0.25, -0.2) is 12.8 Å². The average molecular weight is 475 g/mol. The molecule has 1 amide bonds. The number of anilines is 1. The van der Waals surface area contributed by atoms with Crippen molar-refractivity contribution in [3.63, 3.8) is 0 Å². The van der Waals surface area contributed by atoms with E-state index in [0.29, 0.717) is 22.8 Å². The fourth-order valence-electron chi connectivity index (χ4n) is 2.94. The lowest BCUT2D eigenvalue weighted by molar-refractivity contribution is -0.111. The number of benzene rings is 2. The van der Waals surface area contributed by atoms with E-state index >= 15 is 0 Å². The second kappa shape index (κ2) is 9.86. The van der Waals surface area contributed by atoms with Crippen LogP contribution in [0, 0.1) is 19.7 Å². The lowest BCUT2D eigenvalue weighted by Gasteiger charge is -2.11. The van der Waals surface area contributed by atoms with Crippen LogP contribution in [-0.4, -0.2) is 32.8 Å². The van der Waals surface area contributed by atoms with Crippen molar-refractivity contribution >= 4 is 27.5 Å². The van der Waals surface area contributed by atoms with Gasteiger partial charge in [-0.3, -0.25) is 4.79 Å². The fraction of sp³-hybridized carbons (Fsp3) is 0.217. The van der Waals surface area contributed by atoms with Gasteiger partial charge in [-0.1, -0.05) is 11.2 Å². The first-order chi connectivity index (χ1) is 15.6. The molecule has 0 bridgehead atoms. The minimum atomic E-state index is -3.54. The lowest BCUT2D eigenvalue weighted by Crippen LogP contribution is -2.10. The van der Waals surface area contributed by atoms with Crippen LogP contribution in [0.4, 0.5) is 10.1 Å². The monoisotopic (exact) mass is 474 g/mol. The molecule has 0 saturated heterocycles. The van der Waals surface area contributed by atoms with Crippen LogP contribution < -0.4 is 14.8 Å². The Hall–Kier alpha value is -3.66. The number of aromatic nitrogens is 1. The third-order valence-electron chi connectivity index (χ3n) is 4.79. The van der Waals surface area contributed by atoms with Crippen molar-refractivity contribution in [1.29, 1.82) is 0 Å². The normalized spacial score (nSPS) is 11.5. The van der Waals surface area contributed by atoms with Crippen LogP contribution in [0.3, 0.4) is 0 Å². The average Bonchev–Trinajstić information content (AvgIpc) is 3.09. The summed E-state index contributed by atoms with van der Waals surface area (Å²) < 4.78 is 53.6. The van der Waals surface area contributed by atoms with E-state index in [0.717, 1.165) is 35.7 Å². The summed E-state index contributed by atoms with van der Waals surface area (Å²) in [5.74, 6) is 0.258. The predicted molar refractivity (Wildman–Crippen MR) is 120 cm³/mol. The summed E-state index contributed by atoms with van der Waals surface area (Å²) in [6.45, 7) is 3.89. The molecule has 8 nitrogen and oxygen atoms in total. The van der Waals surface area contributed by atoms with Crippen molar-refractivity contribution < 1.29 is 31.6 Å². The van der Waals surface area contributed by atoms with E-state index in [1.54, 1.807) is 25.1 Å². The van der Waals surface area contributed by atoms with E-state index in [9.17, 15) is 17.6 Å². The Morgan fingerprint density at radius 3 is 2.58 bits per heavy atom. The zero-order valence-corrected chi connectivity index (χ0v) is 19.3. The smallest absolute Gasteiger partial charge is 0.248 e. The Labute approximate surface area is 190 Å². The first-order valence-electron chi connectivity index (χ1n) is 9.79. The number of nitrogens with one attached hydrogen (secondary N) is 1. The summed E-state index contributed by atoms with van der Waals surface area (Å²) in [6.07, 6.45) is 3.71. The molecule has 1 heterocycles. The number of sulfone groups is 1. The highest BCUT2D eigenvalue weighted by molar-refractivity contribution is 7.90. The molecule has 33 heavy (non-hydrogen) atoms. The fourth-order valence-corrected chi connectivity index (χ4v) is 3.59. The topological polar surface area (TPSA) is 108 Å². The largest absolute Gasteiger partial charge is 0.493 e. The molecule has 0 spiro atoms. The Kier molecular flexibility index (Phi) is 7.17. The number of hydrogen-bond donors (Lipinski definition) is 1. The molecule has 0 unspecified atom stereocenters. The maximum Gasteiger partial charge on any atom is 0.248 e. The van der Waals surface area contributed by atoms with E-state index in [-0.39, 0.29) is 17.2 Å². The molecule has 0 aliphatic carbocycles. The van der Waals surface area contributed by atoms with Crippen LogP contribution in [0.5, 0.6) is 11.5 Å². The summed E-state index contributed by atoms with van der Waals surface area (Å²) in [7, 11) is -2.04. The van der Waals surface area contributed by atoms with Gasteiger partial charge in [-0.2, -0.15) is 0 Å². The Balaban J connectivity index is 1.70. The molecule has 1 aromatic heterocycles. The number of amides is 1. The molecule has 0 fully saturated rings. The second-order valence-corrected chi connectivity index (χ2v) is 9.25. The maximum absolute atomic E-state index is 14.0. The SMILES string of the molecule is COc1cc(/C=C/C(=O)Nc2cc(S(C)(=O)=O)ccc2F)ccc1OCc1c(C)noc1C. The number of hydrogen-bond acceptors (Lipinski definition) is 7. The molecule has 174 valence electrons. The summed E-state index contributed by atoms with van der Waals surface area (Å²) in [5, 5.41) is 6.23. The molecule has 0 aliphatic rings. The number of carbonyl (C=O) groups excluding carboxylic acids is 1. The molecule has 0 saturated carbocycles. The van der Waals surface area contributed by atoms with E-state index in [1.807, 2.05) is 6.92 Å². The molecule has 3 rings (SSSR count). The standard InChI is InChI=1S/C23H23FN2O6S/c1-14-18(15(2)32-26-14)13-31-21-9-5-16(11-22(21)30-3)6-10-23(27)25-20-12-17(33(4,28)29)7-8-19(20)24/h5-12H,13H2,1-4H3,(H,25,27)/b10-6+. The third-order valence-corrected chi connectivity index (χ3v) is 5.90. The summed E-state index contributed by atoms with van der Waals surface area (Å²) in [6, 6.07) is 8.30. The molecule has 0 atom stereocenters. The van der Waals surface area contributed by atoms with Crippen LogP contribution in [0.1, 0.15) is 22.6 Å². The van der Waals surface area contributed by atoms with E-state index in [1.165, 1.54) is 19.3 Å². The van der Waals surface area contributed by atoms with Crippen LogP contribution in [0.15, 0.2) is 51.9 Å². The molecular formula is C23H23FN2O6S. The highest BCUT2D eigenvalue weighted by atomic mass is 32.2. The van der Waals surface area contributed by atoms with Crippen molar-refractivity contribution in [3.8, 4) is 11.5 Å². The van der Waals surface area contributed by atoms with Crippen LogP contribution in [0.25, 0.3) is 6.08 Å². The Bertz CT molecular complexity index is 1290. The van der Waals surface area contributed by atoms with E-state index < -0.39 is 21.6 Å². The highest BCUT2D eigenvalue weighted by Gasteiger charge is 2.13. The number of nitrogens with zero attached hydrogens (tertiary/aromatic N) is 1. The molecule has 0 aliphatic heterocycles. The molecular weight excluding hydrogens is 451 g/mol. The van der Waals surface area contributed by atoms with Gasteiger partial charge in [0.15, 0.2) is 21.3 Å². The van der Waals surface area contributed by atoms with Gasteiger partial charge in [0.05, 0.1) is 29.0 Å². The van der Waals surface area contributed by atoms with Gasteiger partial charge in [-0.15, -0.1) is 0 Å². The number of carbonyl (C=O) groups is 1. The zero-order chi connectivity index (χ0) is 24.2. The van der Waals surface area contributed by atoms with E-state index in [2.05, 4.69) is 10.5 Å². The van der Waals surface area contributed by atoms with Crippen molar-refractivity contribution in [2.45, 2.75) is 25.3 Å². The number of aryl methyl sites for hydroxylation is 2. The van der Waals surface area contributed by atoms with Crippen molar-refractivity contribution in [3.05, 3.63) is 70.9 Å². The Morgan fingerprint density at radius 1 is 1.18 bits per heavy atom. The van der Waals surface area contributed by atoms with Gasteiger partial charge in [0.1, 0.15) is 18.2 Å². The zero-order valence-electron chi connectivity index (χ0n) is 18.5. The minimum Gasteiger partial charge on any atom is -0.493 e. The van der Waals surface area contributed by atoms with Gasteiger partial charge in [0.25, 0.3) is 0 Å². The van der Waals surface area contributed by atoms with Crippen LogP contribution >= 0.6 is 0 Å². The number of rotatable bonds is 8. The van der Waals surface area contributed by atoms with Crippen LogP contribution in [0.2, 0.25) is 0 Å².